The van der Waals surface area contributed by atoms with Gasteiger partial charge in [-0.1, -0.05) is 36.4 Å². The van der Waals surface area contributed by atoms with Crippen molar-refractivity contribution < 1.29 is 19.7 Å². The molecule has 2 aromatic rings. The SMILES string of the molecule is COc1cccc(C(=O)N[C@@H](C)C[C@H](O)c2ccccc2)c1O. The number of aromatic hydroxyl groups is 1. The van der Waals surface area contributed by atoms with Gasteiger partial charge >= 0.3 is 0 Å². The second kappa shape index (κ2) is 7.65. The lowest BCUT2D eigenvalue weighted by molar-refractivity contribution is 0.0913. The summed E-state index contributed by atoms with van der Waals surface area (Å²) in [5.41, 5.74) is 0.947. The van der Waals surface area contributed by atoms with Crippen LogP contribution in [-0.2, 0) is 0 Å². The molecule has 0 spiro atoms. The number of phenolic OH excluding ortho intramolecular Hbond substituents is 1. The van der Waals surface area contributed by atoms with Gasteiger partial charge in [0.2, 0.25) is 0 Å². The highest BCUT2D eigenvalue weighted by Gasteiger charge is 2.18. The Balaban J connectivity index is 2.00. The molecule has 0 radical (unpaired) electrons. The van der Waals surface area contributed by atoms with E-state index in [2.05, 4.69) is 5.32 Å². The van der Waals surface area contributed by atoms with Crippen molar-refractivity contribution in [3.8, 4) is 11.5 Å². The van der Waals surface area contributed by atoms with Crippen molar-refractivity contribution >= 4 is 5.91 Å². The third-order valence-electron chi connectivity index (χ3n) is 3.60. The van der Waals surface area contributed by atoms with E-state index in [0.717, 1.165) is 5.56 Å². The Morgan fingerprint density at radius 3 is 2.52 bits per heavy atom. The van der Waals surface area contributed by atoms with Crippen molar-refractivity contribution in [2.45, 2.75) is 25.5 Å². The number of nitrogens with one attached hydrogen (secondary N) is 1. The van der Waals surface area contributed by atoms with Gasteiger partial charge < -0.3 is 20.3 Å². The lowest BCUT2D eigenvalue weighted by Crippen LogP contribution is -2.33. The third-order valence-corrected chi connectivity index (χ3v) is 3.60. The summed E-state index contributed by atoms with van der Waals surface area (Å²) in [5, 5.41) is 23.0. The molecular formula is C18H21NO4. The van der Waals surface area contributed by atoms with Crippen molar-refractivity contribution in [2.24, 2.45) is 0 Å². The summed E-state index contributed by atoms with van der Waals surface area (Å²) in [6, 6.07) is 13.8. The summed E-state index contributed by atoms with van der Waals surface area (Å²) in [7, 11) is 1.43. The third kappa shape index (κ3) is 4.23. The average molecular weight is 315 g/mol. The molecule has 3 N–H and O–H groups in total. The van der Waals surface area contributed by atoms with E-state index in [9.17, 15) is 15.0 Å². The Hall–Kier alpha value is -2.53. The minimum absolute atomic E-state index is 0.144. The van der Waals surface area contributed by atoms with Gasteiger partial charge in [-0.3, -0.25) is 4.79 Å². The molecule has 0 aliphatic heterocycles. The van der Waals surface area contributed by atoms with Crippen molar-refractivity contribution in [3.63, 3.8) is 0 Å². The fourth-order valence-electron chi connectivity index (χ4n) is 2.38. The molecule has 0 fully saturated rings. The smallest absolute Gasteiger partial charge is 0.255 e. The van der Waals surface area contributed by atoms with E-state index < -0.39 is 12.0 Å². The fraction of sp³-hybridized carbons (Fsp3) is 0.278. The molecule has 0 aliphatic carbocycles. The highest BCUT2D eigenvalue weighted by Crippen LogP contribution is 2.29. The van der Waals surface area contributed by atoms with Crippen LogP contribution in [0.25, 0.3) is 0 Å². The van der Waals surface area contributed by atoms with Gasteiger partial charge in [-0.05, 0) is 31.0 Å². The van der Waals surface area contributed by atoms with E-state index in [1.165, 1.54) is 13.2 Å². The summed E-state index contributed by atoms with van der Waals surface area (Å²) in [4.78, 5) is 12.3. The number of ether oxygens (including phenoxy) is 1. The van der Waals surface area contributed by atoms with Crippen LogP contribution in [0.5, 0.6) is 11.5 Å². The van der Waals surface area contributed by atoms with Crippen LogP contribution < -0.4 is 10.1 Å². The van der Waals surface area contributed by atoms with Gasteiger partial charge in [-0.2, -0.15) is 0 Å². The first-order chi connectivity index (χ1) is 11.0. The molecule has 23 heavy (non-hydrogen) atoms. The van der Waals surface area contributed by atoms with Crippen molar-refractivity contribution in [3.05, 3.63) is 59.7 Å². The standard InChI is InChI=1S/C18H21NO4/c1-12(11-15(20)13-7-4-3-5-8-13)19-18(22)14-9-6-10-16(23-2)17(14)21/h3-10,12,15,20-21H,11H2,1-2H3,(H,19,22)/t12-,15-/m0/s1. The minimum Gasteiger partial charge on any atom is -0.504 e. The number of aliphatic hydroxyl groups is 1. The van der Waals surface area contributed by atoms with Gasteiger partial charge in [0.15, 0.2) is 11.5 Å². The largest absolute Gasteiger partial charge is 0.504 e. The number of aliphatic hydroxyl groups excluding tert-OH is 1. The van der Waals surface area contributed by atoms with E-state index in [1.807, 2.05) is 30.3 Å². The molecular weight excluding hydrogens is 294 g/mol. The number of carbonyl (C=O) groups is 1. The Morgan fingerprint density at radius 2 is 1.87 bits per heavy atom. The maximum absolute atomic E-state index is 12.3. The van der Waals surface area contributed by atoms with Crippen LogP contribution in [0.15, 0.2) is 48.5 Å². The lowest BCUT2D eigenvalue weighted by atomic mass is 10.0. The molecule has 5 heteroatoms. The highest BCUT2D eigenvalue weighted by molar-refractivity contribution is 5.97. The number of rotatable bonds is 6. The van der Waals surface area contributed by atoms with Crippen LogP contribution in [0.3, 0.4) is 0 Å². The number of para-hydroxylation sites is 1. The molecule has 0 aromatic heterocycles. The number of carbonyl (C=O) groups excluding carboxylic acids is 1. The molecule has 0 aliphatic rings. The molecule has 2 atom stereocenters. The first-order valence-corrected chi connectivity index (χ1v) is 7.42. The molecule has 1 amide bonds. The number of amides is 1. The molecule has 2 aromatic carbocycles. The molecule has 0 heterocycles. The predicted molar refractivity (Wildman–Crippen MR) is 87.6 cm³/mol. The van der Waals surface area contributed by atoms with Crippen LogP contribution >= 0.6 is 0 Å². The summed E-state index contributed by atoms with van der Waals surface area (Å²) in [6.45, 7) is 1.81. The summed E-state index contributed by atoms with van der Waals surface area (Å²) >= 11 is 0. The van der Waals surface area contributed by atoms with Crippen LogP contribution in [-0.4, -0.2) is 29.3 Å². The molecule has 0 bridgehead atoms. The Bertz CT molecular complexity index is 657. The average Bonchev–Trinajstić information content (AvgIpc) is 2.55. The fourth-order valence-corrected chi connectivity index (χ4v) is 2.38. The number of benzene rings is 2. The topological polar surface area (TPSA) is 78.8 Å². The van der Waals surface area contributed by atoms with E-state index in [1.54, 1.807) is 19.1 Å². The van der Waals surface area contributed by atoms with Gasteiger partial charge in [0, 0.05) is 6.04 Å². The minimum atomic E-state index is -0.662. The molecule has 0 saturated carbocycles. The quantitative estimate of drug-likeness (QED) is 0.766. The van der Waals surface area contributed by atoms with Gasteiger partial charge in [0.1, 0.15) is 0 Å². The van der Waals surface area contributed by atoms with Crippen LogP contribution in [0.1, 0.15) is 35.4 Å². The lowest BCUT2D eigenvalue weighted by Gasteiger charge is -2.19. The van der Waals surface area contributed by atoms with E-state index in [-0.39, 0.29) is 23.1 Å². The van der Waals surface area contributed by atoms with Crippen LogP contribution in [0.4, 0.5) is 0 Å². The second-order valence-electron chi connectivity index (χ2n) is 5.39. The van der Waals surface area contributed by atoms with E-state index >= 15 is 0 Å². The van der Waals surface area contributed by atoms with Crippen LogP contribution in [0, 0.1) is 0 Å². The monoisotopic (exact) mass is 315 g/mol. The summed E-state index contributed by atoms with van der Waals surface area (Å²) in [5.74, 6) is -0.355. The maximum Gasteiger partial charge on any atom is 0.255 e. The number of hydrogen-bond acceptors (Lipinski definition) is 4. The molecule has 2 rings (SSSR count). The number of hydrogen-bond donors (Lipinski definition) is 3. The van der Waals surface area contributed by atoms with Gasteiger partial charge in [-0.25, -0.2) is 0 Å². The Labute approximate surface area is 135 Å². The highest BCUT2D eigenvalue weighted by atomic mass is 16.5. The summed E-state index contributed by atoms with van der Waals surface area (Å²) in [6.07, 6.45) is -0.286. The Kier molecular flexibility index (Phi) is 5.60. The van der Waals surface area contributed by atoms with Crippen molar-refractivity contribution in [2.75, 3.05) is 7.11 Å². The van der Waals surface area contributed by atoms with Crippen molar-refractivity contribution in [1.29, 1.82) is 0 Å². The first kappa shape index (κ1) is 16.8. The molecule has 0 unspecified atom stereocenters. The van der Waals surface area contributed by atoms with Crippen LogP contribution in [0.2, 0.25) is 0 Å². The zero-order valence-electron chi connectivity index (χ0n) is 13.2. The van der Waals surface area contributed by atoms with Gasteiger partial charge in [0.25, 0.3) is 5.91 Å². The van der Waals surface area contributed by atoms with E-state index in [0.29, 0.717) is 6.42 Å². The number of phenols is 1. The molecule has 5 nitrogen and oxygen atoms in total. The number of methoxy groups -OCH3 is 1. The van der Waals surface area contributed by atoms with Crippen molar-refractivity contribution in [1.82, 2.24) is 5.32 Å². The zero-order chi connectivity index (χ0) is 16.8. The molecule has 122 valence electrons. The second-order valence-corrected chi connectivity index (χ2v) is 5.39. The predicted octanol–water partition coefficient (Wildman–Crippen LogP) is 2.64. The van der Waals surface area contributed by atoms with E-state index in [4.69, 9.17) is 4.74 Å². The summed E-state index contributed by atoms with van der Waals surface area (Å²) < 4.78 is 4.99. The first-order valence-electron chi connectivity index (χ1n) is 7.42. The maximum atomic E-state index is 12.3. The van der Waals surface area contributed by atoms with Gasteiger partial charge in [0.05, 0.1) is 18.8 Å². The zero-order valence-corrected chi connectivity index (χ0v) is 13.2. The normalized spacial score (nSPS) is 13.2. The Morgan fingerprint density at radius 1 is 1.17 bits per heavy atom. The van der Waals surface area contributed by atoms with Gasteiger partial charge in [-0.15, -0.1) is 0 Å². The molecule has 0 saturated heterocycles.